The van der Waals surface area contributed by atoms with Crippen molar-refractivity contribution in [2.75, 3.05) is 12.7 Å². The first kappa shape index (κ1) is 14.4. The molecule has 18 heavy (non-hydrogen) atoms. The molecule has 1 unspecified atom stereocenters. The second-order valence-corrected chi connectivity index (χ2v) is 5.66. The molecule has 0 bridgehead atoms. The van der Waals surface area contributed by atoms with Crippen LogP contribution in [0.2, 0.25) is 0 Å². The van der Waals surface area contributed by atoms with Crippen LogP contribution in [0.1, 0.15) is 20.7 Å². The van der Waals surface area contributed by atoms with Crippen molar-refractivity contribution in [1.29, 1.82) is 0 Å². The largest absolute Gasteiger partial charge is 0.478 e. The molecule has 0 aromatic heterocycles. The van der Waals surface area contributed by atoms with Gasteiger partial charge in [-0.05, 0) is 24.3 Å². The minimum atomic E-state index is -3.85. The van der Waals surface area contributed by atoms with Crippen LogP contribution in [0.5, 0.6) is 0 Å². The first-order valence-electron chi connectivity index (χ1n) is 4.78. The normalized spacial score (nSPS) is 13.7. The van der Waals surface area contributed by atoms with E-state index in [-0.39, 0.29) is 11.1 Å². The molecule has 1 aromatic carbocycles. The Bertz CT molecular complexity index is 493. The number of carboxylic acids is 1. The lowest BCUT2D eigenvalue weighted by Crippen LogP contribution is -2.08. The molecule has 7 nitrogen and oxygen atoms in total. The number of carbonyl (C=O) groups excluding carboxylic acids is 1. The summed E-state index contributed by atoms with van der Waals surface area (Å²) in [4.78, 5) is 31.0. The third-order valence-electron chi connectivity index (χ3n) is 1.99. The van der Waals surface area contributed by atoms with E-state index in [9.17, 15) is 14.2 Å². The first-order chi connectivity index (χ1) is 8.35. The molecule has 0 aliphatic carbocycles. The third-order valence-corrected chi connectivity index (χ3v) is 2.96. The van der Waals surface area contributed by atoms with Crippen LogP contribution in [-0.4, -0.2) is 39.7 Å². The van der Waals surface area contributed by atoms with Crippen molar-refractivity contribution >= 4 is 19.3 Å². The summed E-state index contributed by atoms with van der Waals surface area (Å²) in [5.41, 5.74) is 0.0627. The highest BCUT2D eigenvalue weighted by Gasteiger charge is 2.20. The van der Waals surface area contributed by atoms with Gasteiger partial charge in [0.2, 0.25) is 0 Å². The van der Waals surface area contributed by atoms with Gasteiger partial charge in [0.1, 0.15) is 6.35 Å². The van der Waals surface area contributed by atoms with E-state index in [1.54, 1.807) is 0 Å². The Morgan fingerprint density at radius 2 is 1.67 bits per heavy atom. The van der Waals surface area contributed by atoms with E-state index in [4.69, 9.17) is 15.1 Å². The number of carbonyl (C=O) groups is 2. The molecule has 0 fully saturated rings. The van der Waals surface area contributed by atoms with E-state index in [1.807, 2.05) is 0 Å². The van der Waals surface area contributed by atoms with Gasteiger partial charge in [0.15, 0.2) is 6.35 Å². The molecule has 1 rings (SSSR count). The Balaban J connectivity index is 2.68. The van der Waals surface area contributed by atoms with E-state index in [1.165, 1.54) is 24.3 Å². The number of hydrogen-bond donors (Lipinski definition) is 3. The Labute approximate surface area is 102 Å². The van der Waals surface area contributed by atoms with Gasteiger partial charge in [0.25, 0.3) is 7.37 Å². The molecule has 1 atom stereocenters. The average molecular weight is 274 g/mol. The Morgan fingerprint density at radius 1 is 1.17 bits per heavy atom. The highest BCUT2D eigenvalue weighted by Crippen LogP contribution is 2.38. The van der Waals surface area contributed by atoms with E-state index in [2.05, 4.69) is 4.74 Å². The van der Waals surface area contributed by atoms with Gasteiger partial charge in [0.05, 0.1) is 11.1 Å². The van der Waals surface area contributed by atoms with Crippen LogP contribution < -0.4 is 0 Å². The fourth-order valence-electron chi connectivity index (χ4n) is 1.03. The number of hydrogen-bond acceptors (Lipinski definition) is 5. The number of aliphatic hydroxyl groups is 1. The number of carboxylic acid groups (broad SMARTS) is 1. The summed E-state index contributed by atoms with van der Waals surface area (Å²) in [5, 5.41) is 17.1. The smallest absolute Gasteiger partial charge is 0.338 e. The van der Waals surface area contributed by atoms with Crippen molar-refractivity contribution in [3.8, 4) is 0 Å². The molecule has 0 spiro atoms. The lowest BCUT2D eigenvalue weighted by atomic mass is 10.1. The van der Waals surface area contributed by atoms with E-state index < -0.39 is 32.0 Å². The summed E-state index contributed by atoms with van der Waals surface area (Å²) in [6.45, 7) is 0. The van der Waals surface area contributed by atoms with Crippen LogP contribution >= 0.6 is 7.37 Å². The van der Waals surface area contributed by atoms with Crippen LogP contribution in [0.25, 0.3) is 0 Å². The summed E-state index contributed by atoms with van der Waals surface area (Å²) in [6, 6.07) is 4.88. The second-order valence-electron chi connectivity index (χ2n) is 3.43. The Morgan fingerprint density at radius 3 is 2.11 bits per heavy atom. The molecule has 0 aliphatic rings. The van der Waals surface area contributed by atoms with Crippen molar-refractivity contribution in [2.24, 2.45) is 0 Å². The molecule has 0 radical (unpaired) electrons. The topological polar surface area (TPSA) is 121 Å². The highest BCUT2D eigenvalue weighted by atomic mass is 31.2. The van der Waals surface area contributed by atoms with Crippen LogP contribution in [0, 0.1) is 0 Å². The highest BCUT2D eigenvalue weighted by molar-refractivity contribution is 7.57. The van der Waals surface area contributed by atoms with Crippen LogP contribution in [-0.2, 0) is 9.30 Å². The zero-order valence-electron chi connectivity index (χ0n) is 9.15. The van der Waals surface area contributed by atoms with Crippen molar-refractivity contribution in [3.05, 3.63) is 35.4 Å². The summed E-state index contributed by atoms with van der Waals surface area (Å²) >= 11 is 0. The number of aliphatic hydroxyl groups excluding tert-OH is 1. The lowest BCUT2D eigenvalue weighted by molar-refractivity contribution is 0.0558. The van der Waals surface area contributed by atoms with Gasteiger partial charge in [-0.15, -0.1) is 0 Å². The molecule has 0 saturated heterocycles. The van der Waals surface area contributed by atoms with Crippen molar-refractivity contribution in [1.82, 2.24) is 0 Å². The summed E-state index contributed by atoms with van der Waals surface area (Å²) in [7, 11) is -3.85. The number of esters is 1. The second kappa shape index (κ2) is 5.77. The van der Waals surface area contributed by atoms with E-state index >= 15 is 0 Å². The van der Waals surface area contributed by atoms with Crippen LogP contribution in [0.15, 0.2) is 24.3 Å². The zero-order valence-corrected chi connectivity index (χ0v) is 10.0. The number of aromatic carboxylic acids is 1. The predicted molar refractivity (Wildman–Crippen MR) is 60.6 cm³/mol. The molecule has 0 saturated carbocycles. The fourth-order valence-corrected chi connectivity index (χ4v) is 1.43. The maximum Gasteiger partial charge on any atom is 0.338 e. The quantitative estimate of drug-likeness (QED) is 0.534. The Hall–Kier alpha value is -1.69. The van der Waals surface area contributed by atoms with E-state index in [0.29, 0.717) is 0 Å². The van der Waals surface area contributed by atoms with Crippen molar-refractivity contribution in [3.63, 3.8) is 0 Å². The molecular formula is C10H11O7P. The molecular weight excluding hydrogens is 263 g/mol. The van der Waals surface area contributed by atoms with Gasteiger partial charge in [-0.1, -0.05) is 0 Å². The molecule has 0 amide bonds. The third kappa shape index (κ3) is 3.96. The lowest BCUT2D eigenvalue weighted by Gasteiger charge is -2.09. The summed E-state index contributed by atoms with van der Waals surface area (Å²) < 4.78 is 15.5. The molecule has 8 heteroatoms. The minimum absolute atomic E-state index is 0.00902. The average Bonchev–Trinajstić information content (AvgIpc) is 2.36. The van der Waals surface area contributed by atoms with Gasteiger partial charge < -0.3 is 19.8 Å². The molecule has 98 valence electrons. The van der Waals surface area contributed by atoms with Gasteiger partial charge in [-0.25, -0.2) is 9.59 Å². The SMILES string of the molecule is O=C(O)c1ccc(C(=O)OCP(=O)(O)CO)cc1. The predicted octanol–water partition coefficient (Wildman–Crippen LogP) is 0.719. The van der Waals surface area contributed by atoms with Crippen molar-refractivity contribution in [2.45, 2.75) is 0 Å². The van der Waals surface area contributed by atoms with Gasteiger partial charge >= 0.3 is 11.9 Å². The Kier molecular flexibility index (Phi) is 4.61. The van der Waals surface area contributed by atoms with Gasteiger partial charge in [-0.2, -0.15) is 0 Å². The molecule has 0 aliphatic heterocycles. The summed E-state index contributed by atoms with van der Waals surface area (Å²) in [6.07, 6.45) is -1.76. The number of rotatable bonds is 5. The molecule has 3 N–H and O–H groups in total. The number of benzene rings is 1. The van der Waals surface area contributed by atoms with E-state index in [0.717, 1.165) is 0 Å². The standard InChI is InChI=1S/C10H11O7P/c11-5-18(15,16)6-17-10(14)8-3-1-7(2-4-8)9(12)13/h1-4,11H,5-6H2,(H,12,13)(H,15,16). The van der Waals surface area contributed by atoms with Crippen molar-refractivity contribution < 1.29 is 34.0 Å². The fraction of sp³-hybridized carbons (Fsp3) is 0.200. The minimum Gasteiger partial charge on any atom is -0.478 e. The van der Waals surface area contributed by atoms with Crippen LogP contribution in [0.4, 0.5) is 0 Å². The van der Waals surface area contributed by atoms with Gasteiger partial charge in [0, 0.05) is 0 Å². The number of ether oxygens (including phenoxy) is 1. The molecule has 1 aromatic rings. The first-order valence-corrected chi connectivity index (χ1v) is 6.81. The molecule has 0 heterocycles. The maximum absolute atomic E-state index is 11.4. The maximum atomic E-state index is 11.4. The monoisotopic (exact) mass is 274 g/mol. The summed E-state index contributed by atoms with van der Waals surface area (Å²) in [5.74, 6) is -2.00. The zero-order chi connectivity index (χ0) is 13.8. The van der Waals surface area contributed by atoms with Gasteiger partial charge in [-0.3, -0.25) is 4.57 Å². The van der Waals surface area contributed by atoms with Crippen LogP contribution in [0.3, 0.4) is 0 Å².